The number of alkyl halides is 3. The Morgan fingerprint density at radius 1 is 1.32 bits per heavy atom. The van der Waals surface area contributed by atoms with Gasteiger partial charge in [-0.15, -0.1) is 0 Å². The second-order valence-electron chi connectivity index (χ2n) is 4.77. The molecule has 3 N–H and O–H groups in total. The van der Waals surface area contributed by atoms with Crippen molar-refractivity contribution in [2.24, 2.45) is 11.7 Å². The molecule has 8 heteroatoms. The Morgan fingerprint density at radius 2 is 1.86 bits per heavy atom. The van der Waals surface area contributed by atoms with E-state index < -0.39 is 35.5 Å². The van der Waals surface area contributed by atoms with E-state index in [1.807, 2.05) is 6.07 Å². The largest absolute Gasteiger partial charge is 0.416 e. The highest BCUT2D eigenvalue weighted by Crippen LogP contribution is 2.29. The van der Waals surface area contributed by atoms with Crippen LogP contribution in [0.15, 0.2) is 24.3 Å². The lowest BCUT2D eigenvalue weighted by atomic mass is 10.0. The molecule has 0 heterocycles. The van der Waals surface area contributed by atoms with Gasteiger partial charge in [-0.05, 0) is 37.6 Å². The summed E-state index contributed by atoms with van der Waals surface area (Å²) in [6.07, 6.45) is -4.47. The maximum Gasteiger partial charge on any atom is 0.416 e. The third-order valence-electron chi connectivity index (χ3n) is 2.93. The van der Waals surface area contributed by atoms with Gasteiger partial charge in [0.1, 0.15) is 6.04 Å². The number of nitrogens with two attached hydrogens (primary N) is 1. The quantitative estimate of drug-likeness (QED) is 0.868. The van der Waals surface area contributed by atoms with Gasteiger partial charge >= 0.3 is 6.18 Å². The van der Waals surface area contributed by atoms with Gasteiger partial charge in [0, 0.05) is 11.5 Å². The van der Waals surface area contributed by atoms with Gasteiger partial charge in [0.2, 0.25) is 5.91 Å². The molecule has 0 aliphatic carbocycles. The average molecular weight is 313 g/mol. The summed E-state index contributed by atoms with van der Waals surface area (Å²) in [5.41, 5.74) is 4.22. The van der Waals surface area contributed by atoms with Crippen LogP contribution in [-0.4, -0.2) is 17.9 Å². The molecule has 5 nitrogen and oxygen atoms in total. The molecule has 2 amide bonds. The summed E-state index contributed by atoms with van der Waals surface area (Å²) in [5, 5.41) is 11.0. The Bertz CT molecular complexity index is 591. The molecule has 22 heavy (non-hydrogen) atoms. The molecule has 0 unspecified atom stereocenters. The Morgan fingerprint density at radius 3 is 2.27 bits per heavy atom. The second kappa shape index (κ2) is 6.93. The molecule has 0 saturated carbocycles. The zero-order valence-corrected chi connectivity index (χ0v) is 11.6. The van der Waals surface area contributed by atoms with Crippen LogP contribution >= 0.6 is 0 Å². The van der Waals surface area contributed by atoms with Crippen LogP contribution < -0.4 is 11.1 Å². The first-order valence-electron chi connectivity index (χ1n) is 6.32. The number of hydrogen-bond donors (Lipinski definition) is 2. The predicted octanol–water partition coefficient (Wildman–Crippen LogP) is 1.84. The van der Waals surface area contributed by atoms with E-state index in [1.165, 1.54) is 0 Å². The highest BCUT2D eigenvalue weighted by Gasteiger charge is 2.30. The number of halogens is 3. The number of benzene rings is 1. The zero-order chi connectivity index (χ0) is 16.9. The molecule has 118 valence electrons. The fraction of sp³-hybridized carbons (Fsp3) is 0.357. The molecule has 0 fully saturated rings. The molecular formula is C14H14F3N3O2. The van der Waals surface area contributed by atoms with E-state index in [4.69, 9.17) is 11.0 Å². The standard InChI is InChI=1S/C14H14F3N3O2/c1-8(7-18)6-11(12(19)21)20-13(22)9-2-4-10(5-3-9)14(15,16)17/h2-5,8,11H,6H2,1H3,(H2,19,21)(H,20,22)/t8-,11-/m1/s1. The van der Waals surface area contributed by atoms with Gasteiger partial charge in [-0.25, -0.2) is 0 Å². The molecule has 1 aromatic carbocycles. The van der Waals surface area contributed by atoms with Gasteiger partial charge in [-0.3, -0.25) is 9.59 Å². The third-order valence-corrected chi connectivity index (χ3v) is 2.93. The number of amides is 2. The van der Waals surface area contributed by atoms with Crippen LogP contribution in [0.5, 0.6) is 0 Å². The average Bonchev–Trinajstić information content (AvgIpc) is 2.45. The highest BCUT2D eigenvalue weighted by atomic mass is 19.4. The maximum atomic E-state index is 12.4. The normalized spacial score (nSPS) is 13.8. The Balaban J connectivity index is 2.82. The van der Waals surface area contributed by atoms with E-state index in [0.29, 0.717) is 0 Å². The van der Waals surface area contributed by atoms with E-state index in [2.05, 4.69) is 5.32 Å². The number of primary amides is 1. The van der Waals surface area contributed by atoms with Crippen LogP contribution in [0.3, 0.4) is 0 Å². The Labute approximate surface area is 124 Å². The third kappa shape index (κ3) is 4.77. The van der Waals surface area contributed by atoms with E-state index in [9.17, 15) is 22.8 Å². The zero-order valence-electron chi connectivity index (χ0n) is 11.6. The number of carbonyl (C=O) groups excluding carboxylic acids is 2. The SMILES string of the molecule is C[C@@H](C#N)C[C@@H](NC(=O)c1ccc(C(F)(F)F)cc1)C(N)=O. The van der Waals surface area contributed by atoms with E-state index >= 15 is 0 Å². The van der Waals surface area contributed by atoms with Gasteiger partial charge < -0.3 is 11.1 Å². The summed E-state index contributed by atoms with van der Waals surface area (Å²) in [6, 6.07) is 4.39. The molecule has 0 bridgehead atoms. The number of nitrogens with one attached hydrogen (secondary N) is 1. The van der Waals surface area contributed by atoms with Crippen molar-refractivity contribution >= 4 is 11.8 Å². The molecule has 2 atom stereocenters. The number of rotatable bonds is 5. The molecule has 0 aliphatic heterocycles. The molecule has 1 aromatic rings. The lowest BCUT2D eigenvalue weighted by Crippen LogP contribution is -2.45. The number of carbonyl (C=O) groups is 2. The summed E-state index contributed by atoms with van der Waals surface area (Å²) in [4.78, 5) is 23.2. The molecule has 1 rings (SSSR count). The van der Waals surface area contributed by atoms with Gasteiger partial charge in [-0.1, -0.05) is 0 Å². The van der Waals surface area contributed by atoms with Crippen molar-refractivity contribution in [3.8, 4) is 6.07 Å². The van der Waals surface area contributed by atoms with Crippen molar-refractivity contribution in [3.05, 3.63) is 35.4 Å². The van der Waals surface area contributed by atoms with Gasteiger partial charge in [0.15, 0.2) is 0 Å². The first-order chi connectivity index (χ1) is 10.1. The molecule has 0 spiro atoms. The Hall–Kier alpha value is -2.56. The molecule has 0 saturated heterocycles. The fourth-order valence-electron chi connectivity index (χ4n) is 1.70. The van der Waals surface area contributed by atoms with Crippen LogP contribution in [0, 0.1) is 17.2 Å². The lowest BCUT2D eigenvalue weighted by molar-refractivity contribution is -0.137. The minimum atomic E-state index is -4.49. The monoisotopic (exact) mass is 313 g/mol. The van der Waals surface area contributed by atoms with Crippen LogP contribution in [-0.2, 0) is 11.0 Å². The highest BCUT2D eigenvalue weighted by molar-refractivity contribution is 5.97. The van der Waals surface area contributed by atoms with Crippen LogP contribution in [0.2, 0.25) is 0 Å². The molecular weight excluding hydrogens is 299 g/mol. The minimum Gasteiger partial charge on any atom is -0.368 e. The van der Waals surface area contributed by atoms with Crippen molar-refractivity contribution < 1.29 is 22.8 Å². The summed E-state index contributed by atoms with van der Waals surface area (Å²) in [6.45, 7) is 1.56. The van der Waals surface area contributed by atoms with E-state index in [0.717, 1.165) is 24.3 Å². The fourth-order valence-corrected chi connectivity index (χ4v) is 1.70. The minimum absolute atomic E-state index is 0.0260. The molecule has 0 aliphatic rings. The van der Waals surface area contributed by atoms with Crippen molar-refractivity contribution in [1.82, 2.24) is 5.32 Å². The van der Waals surface area contributed by atoms with Gasteiger partial charge in [-0.2, -0.15) is 18.4 Å². The first-order valence-corrected chi connectivity index (χ1v) is 6.32. The topological polar surface area (TPSA) is 96.0 Å². The number of hydrogen-bond acceptors (Lipinski definition) is 3. The number of nitriles is 1. The predicted molar refractivity (Wildman–Crippen MR) is 71.3 cm³/mol. The second-order valence-corrected chi connectivity index (χ2v) is 4.77. The first kappa shape index (κ1) is 17.5. The molecule has 0 aromatic heterocycles. The van der Waals surface area contributed by atoms with Gasteiger partial charge in [0.05, 0.1) is 11.6 Å². The Kier molecular flexibility index (Phi) is 5.51. The number of nitrogens with zero attached hydrogens (tertiary/aromatic N) is 1. The maximum absolute atomic E-state index is 12.4. The summed E-state index contributed by atoms with van der Waals surface area (Å²) >= 11 is 0. The lowest BCUT2D eigenvalue weighted by Gasteiger charge is -2.16. The summed E-state index contributed by atoms with van der Waals surface area (Å²) in [7, 11) is 0. The summed E-state index contributed by atoms with van der Waals surface area (Å²) in [5.74, 6) is -2.06. The van der Waals surface area contributed by atoms with Crippen molar-refractivity contribution in [2.45, 2.75) is 25.6 Å². The van der Waals surface area contributed by atoms with Crippen LogP contribution in [0.25, 0.3) is 0 Å². The van der Waals surface area contributed by atoms with Crippen LogP contribution in [0.4, 0.5) is 13.2 Å². The van der Waals surface area contributed by atoms with Crippen molar-refractivity contribution in [3.63, 3.8) is 0 Å². The van der Waals surface area contributed by atoms with Gasteiger partial charge in [0.25, 0.3) is 5.91 Å². The smallest absolute Gasteiger partial charge is 0.368 e. The van der Waals surface area contributed by atoms with Crippen LogP contribution in [0.1, 0.15) is 29.3 Å². The van der Waals surface area contributed by atoms with Crippen molar-refractivity contribution in [1.29, 1.82) is 5.26 Å². The van der Waals surface area contributed by atoms with E-state index in [1.54, 1.807) is 6.92 Å². The molecule has 0 radical (unpaired) electrons. The van der Waals surface area contributed by atoms with Crippen molar-refractivity contribution in [2.75, 3.05) is 0 Å². The van der Waals surface area contributed by atoms with E-state index in [-0.39, 0.29) is 12.0 Å². The summed E-state index contributed by atoms with van der Waals surface area (Å²) < 4.78 is 37.3.